The summed E-state index contributed by atoms with van der Waals surface area (Å²) in [6.07, 6.45) is 1.66. The van der Waals surface area contributed by atoms with Gasteiger partial charge in [-0.25, -0.2) is 4.39 Å². The van der Waals surface area contributed by atoms with Gasteiger partial charge in [0, 0.05) is 35.6 Å². The van der Waals surface area contributed by atoms with Crippen molar-refractivity contribution < 1.29 is 23.5 Å². The monoisotopic (exact) mass is 395 g/mol. The minimum Gasteiger partial charge on any atom is -0.497 e. The average molecular weight is 395 g/mol. The van der Waals surface area contributed by atoms with Crippen molar-refractivity contribution in [2.24, 2.45) is 0 Å². The van der Waals surface area contributed by atoms with Gasteiger partial charge in [-0.15, -0.1) is 0 Å². The van der Waals surface area contributed by atoms with Gasteiger partial charge in [-0.2, -0.15) is 0 Å². The van der Waals surface area contributed by atoms with E-state index in [0.717, 1.165) is 5.56 Å². The van der Waals surface area contributed by atoms with Crippen molar-refractivity contribution in [3.8, 4) is 11.5 Å². The lowest BCUT2D eigenvalue weighted by Gasteiger charge is -2.38. The second-order valence-electron chi connectivity index (χ2n) is 7.18. The highest BCUT2D eigenvalue weighted by atomic mass is 19.1. The van der Waals surface area contributed by atoms with E-state index in [1.54, 1.807) is 44.6 Å². The van der Waals surface area contributed by atoms with Crippen molar-refractivity contribution in [2.75, 3.05) is 19.1 Å². The average Bonchev–Trinajstić information content (AvgIpc) is 2.73. The number of para-hydroxylation sites is 1. The van der Waals surface area contributed by atoms with Gasteiger partial charge in [0.1, 0.15) is 17.3 Å². The van der Waals surface area contributed by atoms with Crippen molar-refractivity contribution in [2.45, 2.75) is 31.6 Å². The predicted molar refractivity (Wildman–Crippen MR) is 107 cm³/mol. The molecule has 0 spiro atoms. The summed E-state index contributed by atoms with van der Waals surface area (Å²) in [4.78, 5) is 27.6. The number of hydrogen-bond donors (Lipinski definition) is 0. The molecule has 4 rings (SSSR count). The molecule has 0 radical (unpaired) electrons. The third-order valence-corrected chi connectivity index (χ3v) is 5.58. The largest absolute Gasteiger partial charge is 0.497 e. The lowest BCUT2D eigenvalue weighted by molar-refractivity contribution is -0.120. The van der Waals surface area contributed by atoms with Crippen LogP contribution in [0.25, 0.3) is 0 Å². The van der Waals surface area contributed by atoms with E-state index in [4.69, 9.17) is 9.47 Å². The van der Waals surface area contributed by atoms with E-state index >= 15 is 0 Å². The molecule has 0 aromatic heterocycles. The predicted octanol–water partition coefficient (Wildman–Crippen LogP) is 4.37. The fraction of sp³-hybridized carbons (Fsp3) is 0.304. The second kappa shape index (κ2) is 7.70. The van der Waals surface area contributed by atoms with Gasteiger partial charge in [-0.05, 0) is 43.2 Å². The number of rotatable bonds is 4. The molecule has 0 saturated carbocycles. The number of carbonyl (C=O) groups excluding carboxylic acids is 2. The number of ketones is 1. The Morgan fingerprint density at radius 1 is 1.03 bits per heavy atom. The van der Waals surface area contributed by atoms with E-state index in [1.165, 1.54) is 11.0 Å². The van der Waals surface area contributed by atoms with Gasteiger partial charge in [-0.1, -0.05) is 12.1 Å². The van der Waals surface area contributed by atoms with Crippen LogP contribution < -0.4 is 14.4 Å². The summed E-state index contributed by atoms with van der Waals surface area (Å²) >= 11 is 0. The van der Waals surface area contributed by atoms with E-state index in [0.29, 0.717) is 42.0 Å². The van der Waals surface area contributed by atoms with Crippen molar-refractivity contribution in [3.63, 3.8) is 0 Å². The molecule has 1 aliphatic carbocycles. The van der Waals surface area contributed by atoms with E-state index in [2.05, 4.69) is 0 Å². The first-order valence-corrected chi connectivity index (χ1v) is 9.60. The van der Waals surface area contributed by atoms with Gasteiger partial charge < -0.3 is 9.47 Å². The molecule has 0 saturated heterocycles. The Balaban J connectivity index is 1.91. The number of carbonyl (C=O) groups is 2. The number of nitrogens with zero attached hydrogens (tertiary/aromatic N) is 1. The second-order valence-corrected chi connectivity index (χ2v) is 7.18. The third-order valence-electron chi connectivity index (χ3n) is 5.58. The number of halogens is 1. The lowest BCUT2D eigenvalue weighted by Crippen LogP contribution is -2.41. The highest BCUT2D eigenvalue weighted by Crippen LogP contribution is 2.46. The van der Waals surface area contributed by atoms with Crippen LogP contribution in [-0.4, -0.2) is 25.9 Å². The SMILES string of the molecule is COc1ccc(OC)c(C2CC(=O)N(c3ccccc3F)C3=C2C(=O)CCC3)c1. The summed E-state index contributed by atoms with van der Waals surface area (Å²) in [5.41, 5.74) is 2.09. The summed E-state index contributed by atoms with van der Waals surface area (Å²) in [5, 5.41) is 0. The molecular formula is C23H22FNO4. The zero-order valence-corrected chi connectivity index (χ0v) is 16.4. The van der Waals surface area contributed by atoms with Gasteiger partial charge in [0.05, 0.1) is 19.9 Å². The number of allylic oxidation sites excluding steroid dienone is 2. The molecule has 2 aromatic rings. The van der Waals surface area contributed by atoms with Crippen LogP contribution in [-0.2, 0) is 9.59 Å². The summed E-state index contributed by atoms with van der Waals surface area (Å²) in [5.74, 6) is 0.0400. The van der Waals surface area contributed by atoms with Crippen LogP contribution in [0, 0.1) is 5.82 Å². The Kier molecular flexibility index (Phi) is 5.09. The standard InChI is InChI=1S/C23H22FNO4/c1-28-14-10-11-21(29-2)15(12-14)16-13-22(27)25(18-7-4-3-6-17(18)24)19-8-5-9-20(26)23(16)19/h3-4,6-7,10-12,16H,5,8-9,13H2,1-2H3. The van der Waals surface area contributed by atoms with Gasteiger partial charge in [-0.3, -0.25) is 14.5 Å². The molecular weight excluding hydrogens is 373 g/mol. The smallest absolute Gasteiger partial charge is 0.232 e. The molecule has 29 heavy (non-hydrogen) atoms. The molecule has 2 aromatic carbocycles. The van der Waals surface area contributed by atoms with Crippen LogP contribution in [0.2, 0.25) is 0 Å². The molecule has 150 valence electrons. The van der Waals surface area contributed by atoms with E-state index in [1.807, 2.05) is 6.07 Å². The minimum absolute atomic E-state index is 0.00466. The highest BCUT2D eigenvalue weighted by Gasteiger charge is 2.41. The molecule has 1 amide bonds. The van der Waals surface area contributed by atoms with Crippen LogP contribution in [0.15, 0.2) is 53.7 Å². The molecule has 1 unspecified atom stereocenters. The maximum Gasteiger partial charge on any atom is 0.232 e. The Labute approximate surface area is 168 Å². The molecule has 1 heterocycles. The van der Waals surface area contributed by atoms with Gasteiger partial charge in [0.25, 0.3) is 0 Å². The number of anilines is 1. The fourth-order valence-electron chi connectivity index (χ4n) is 4.28. The Hall–Kier alpha value is -3.15. The number of amides is 1. The van der Waals surface area contributed by atoms with Gasteiger partial charge in [0.2, 0.25) is 5.91 Å². The molecule has 0 fully saturated rings. The summed E-state index contributed by atoms with van der Waals surface area (Å²) in [7, 11) is 3.12. The number of methoxy groups -OCH3 is 2. The minimum atomic E-state index is -0.483. The van der Waals surface area contributed by atoms with Crippen LogP contribution in [0.1, 0.15) is 37.2 Å². The van der Waals surface area contributed by atoms with E-state index < -0.39 is 11.7 Å². The van der Waals surface area contributed by atoms with Gasteiger partial charge >= 0.3 is 0 Å². The molecule has 1 atom stereocenters. The van der Waals surface area contributed by atoms with Crippen LogP contribution in [0.5, 0.6) is 11.5 Å². The van der Waals surface area contributed by atoms with Crippen molar-refractivity contribution >= 4 is 17.4 Å². The molecule has 6 heteroatoms. The topological polar surface area (TPSA) is 55.8 Å². The molecule has 2 aliphatic rings. The van der Waals surface area contributed by atoms with Crippen LogP contribution >= 0.6 is 0 Å². The lowest BCUT2D eigenvalue weighted by atomic mass is 9.76. The van der Waals surface area contributed by atoms with Gasteiger partial charge in [0.15, 0.2) is 5.78 Å². The highest BCUT2D eigenvalue weighted by molar-refractivity contribution is 6.07. The molecule has 0 N–H and O–H groups in total. The normalized spacial score (nSPS) is 19.3. The maximum absolute atomic E-state index is 14.5. The fourth-order valence-corrected chi connectivity index (χ4v) is 4.28. The number of hydrogen-bond acceptors (Lipinski definition) is 4. The van der Waals surface area contributed by atoms with E-state index in [9.17, 15) is 14.0 Å². The van der Waals surface area contributed by atoms with Crippen molar-refractivity contribution in [1.82, 2.24) is 0 Å². The number of Topliss-reactive ketones (excluding diaryl/α,β-unsaturated/α-hetero) is 1. The zero-order chi connectivity index (χ0) is 20.5. The third kappa shape index (κ3) is 3.28. The van der Waals surface area contributed by atoms with Crippen LogP contribution in [0.4, 0.5) is 10.1 Å². The first-order valence-electron chi connectivity index (χ1n) is 9.60. The Bertz CT molecular complexity index is 1010. The summed E-state index contributed by atoms with van der Waals surface area (Å²) in [6, 6.07) is 11.5. The summed E-state index contributed by atoms with van der Waals surface area (Å²) < 4.78 is 25.3. The zero-order valence-electron chi connectivity index (χ0n) is 16.4. The number of benzene rings is 2. The Morgan fingerprint density at radius 3 is 2.55 bits per heavy atom. The molecule has 1 aliphatic heterocycles. The van der Waals surface area contributed by atoms with Crippen molar-refractivity contribution in [1.29, 1.82) is 0 Å². The maximum atomic E-state index is 14.5. The Morgan fingerprint density at radius 2 is 1.83 bits per heavy atom. The molecule has 0 bridgehead atoms. The first kappa shape index (κ1) is 19.2. The number of ether oxygens (including phenoxy) is 2. The molecule has 5 nitrogen and oxygen atoms in total. The first-order chi connectivity index (χ1) is 14.0. The quantitative estimate of drug-likeness (QED) is 0.771. The summed E-state index contributed by atoms with van der Waals surface area (Å²) in [6.45, 7) is 0. The van der Waals surface area contributed by atoms with Crippen LogP contribution in [0.3, 0.4) is 0 Å². The van der Waals surface area contributed by atoms with Crippen molar-refractivity contribution in [3.05, 3.63) is 65.1 Å². The van der Waals surface area contributed by atoms with E-state index in [-0.39, 0.29) is 23.8 Å².